The maximum absolute atomic E-state index is 13.0. The second kappa shape index (κ2) is 37.1. The fourth-order valence-corrected chi connectivity index (χ4v) is 6.45. The van der Waals surface area contributed by atoms with E-state index in [0.717, 1.165) is 116 Å². The number of unbranched alkanes of at least 4 members (excludes halogenated alkanes) is 18. The number of ether oxygens (including phenoxy) is 3. The maximum atomic E-state index is 13.0. The van der Waals surface area contributed by atoms with Crippen LogP contribution in [0.5, 0.6) is 0 Å². The molecule has 0 aliphatic carbocycles. The Morgan fingerprint density at radius 3 is 1.58 bits per heavy atom. The number of methoxy groups -OCH3 is 1. The van der Waals surface area contributed by atoms with E-state index in [0.29, 0.717) is 26.0 Å². The van der Waals surface area contributed by atoms with Gasteiger partial charge in [-0.2, -0.15) is 0 Å². The average Bonchev–Trinajstić information content (AvgIpc) is 3.11. The Balaban J connectivity index is 4.14. The summed E-state index contributed by atoms with van der Waals surface area (Å²) in [6.45, 7) is 9.75. The molecule has 0 bridgehead atoms. The van der Waals surface area contributed by atoms with Crippen LogP contribution in [0, 0.1) is 5.92 Å². The van der Waals surface area contributed by atoms with Crippen LogP contribution in [0.15, 0.2) is 0 Å². The third-order valence-corrected chi connectivity index (χ3v) is 9.84. The first kappa shape index (κ1) is 48.3. The fraction of sp³-hybridized carbons (Fsp3) is 0.929. The molecule has 0 aromatic rings. The third-order valence-electron chi connectivity index (χ3n) is 9.84. The lowest BCUT2D eigenvalue weighted by Gasteiger charge is -2.22. The summed E-state index contributed by atoms with van der Waals surface area (Å²) in [5, 5.41) is 9.57. The lowest BCUT2D eigenvalue weighted by atomic mass is 10.0. The Morgan fingerprint density at radius 2 is 1.02 bits per heavy atom. The minimum atomic E-state index is -0.170. The van der Waals surface area contributed by atoms with E-state index in [2.05, 4.69) is 23.5 Å². The monoisotopic (exact) mass is 712 g/mol. The predicted octanol–water partition coefficient (Wildman–Crippen LogP) is 10.5. The molecule has 0 aromatic heterocycles. The number of carbonyl (C=O) groups excluding carboxylic acids is 3. The average molecular weight is 712 g/mol. The Labute approximate surface area is 308 Å². The lowest BCUT2D eigenvalue weighted by Crippen LogP contribution is -2.29. The van der Waals surface area contributed by atoms with Gasteiger partial charge in [0.05, 0.1) is 26.2 Å². The number of nitrogens with zero attached hydrogens (tertiary/aromatic N) is 1. The van der Waals surface area contributed by atoms with Crippen molar-refractivity contribution in [1.29, 1.82) is 0 Å². The predicted molar refractivity (Wildman–Crippen MR) is 206 cm³/mol. The van der Waals surface area contributed by atoms with Gasteiger partial charge in [-0.05, 0) is 77.3 Å². The van der Waals surface area contributed by atoms with Gasteiger partial charge in [-0.25, -0.2) is 0 Å². The highest BCUT2D eigenvalue weighted by Crippen LogP contribution is 2.20. The van der Waals surface area contributed by atoms with Crippen molar-refractivity contribution < 1.29 is 33.7 Å². The van der Waals surface area contributed by atoms with Crippen LogP contribution in [0.25, 0.3) is 0 Å². The molecule has 0 amide bonds. The molecule has 0 radical (unpaired) electrons. The van der Waals surface area contributed by atoms with Crippen LogP contribution < -0.4 is 0 Å². The molecular weight excluding hydrogens is 630 g/mol. The first-order valence-electron chi connectivity index (χ1n) is 21.1. The van der Waals surface area contributed by atoms with Crippen molar-refractivity contribution in [2.24, 2.45) is 5.92 Å². The summed E-state index contributed by atoms with van der Waals surface area (Å²) in [5.41, 5.74) is 0. The molecule has 1 atom stereocenters. The molecule has 0 aliphatic rings. The number of aliphatic hydroxyl groups is 1. The van der Waals surface area contributed by atoms with Gasteiger partial charge in [0.1, 0.15) is 6.10 Å². The standard InChI is InChI=1S/C42H81NO7/c1-5-7-9-11-14-20-29-39(30-21-15-12-10-8-6-2)50-42(47)38(3)28-24-26-34-43(35-36-44)33-25-18-13-16-23-32-41(46)49-37-27-19-17-22-31-40(45)48-4/h38-39,44H,5-37H2,1-4H3. The highest BCUT2D eigenvalue weighted by atomic mass is 16.5. The van der Waals surface area contributed by atoms with Gasteiger partial charge in [0.15, 0.2) is 0 Å². The van der Waals surface area contributed by atoms with Gasteiger partial charge in [0.2, 0.25) is 0 Å². The van der Waals surface area contributed by atoms with Crippen LogP contribution >= 0.6 is 0 Å². The van der Waals surface area contributed by atoms with Gasteiger partial charge >= 0.3 is 17.9 Å². The van der Waals surface area contributed by atoms with Crippen molar-refractivity contribution in [1.82, 2.24) is 4.90 Å². The van der Waals surface area contributed by atoms with Gasteiger partial charge in [-0.3, -0.25) is 14.4 Å². The van der Waals surface area contributed by atoms with E-state index in [9.17, 15) is 19.5 Å². The Morgan fingerprint density at radius 1 is 0.560 bits per heavy atom. The SMILES string of the molecule is CCCCCCCCC(CCCCCCCC)OC(=O)C(C)CCCCN(CCO)CCCCCCCC(=O)OCCCCCCC(=O)OC. The van der Waals surface area contributed by atoms with Crippen molar-refractivity contribution in [2.45, 2.75) is 207 Å². The summed E-state index contributed by atoms with van der Waals surface area (Å²) in [6, 6.07) is 0. The molecule has 0 rings (SSSR count). The summed E-state index contributed by atoms with van der Waals surface area (Å²) in [4.78, 5) is 38.4. The second-order valence-corrected chi connectivity index (χ2v) is 14.6. The highest BCUT2D eigenvalue weighted by Gasteiger charge is 2.20. The smallest absolute Gasteiger partial charge is 0.308 e. The molecule has 0 saturated carbocycles. The molecule has 1 unspecified atom stereocenters. The van der Waals surface area contributed by atoms with E-state index in [4.69, 9.17) is 9.47 Å². The zero-order chi connectivity index (χ0) is 36.9. The lowest BCUT2D eigenvalue weighted by molar-refractivity contribution is -0.154. The number of carbonyl (C=O) groups is 3. The number of aliphatic hydroxyl groups excluding tert-OH is 1. The number of hydrogen-bond donors (Lipinski definition) is 1. The summed E-state index contributed by atoms with van der Waals surface area (Å²) < 4.78 is 16.1. The molecule has 0 spiro atoms. The first-order chi connectivity index (χ1) is 24.4. The minimum Gasteiger partial charge on any atom is -0.469 e. The van der Waals surface area contributed by atoms with Crippen LogP contribution in [-0.4, -0.2) is 74.0 Å². The van der Waals surface area contributed by atoms with Crippen LogP contribution in [-0.2, 0) is 28.6 Å². The minimum absolute atomic E-state index is 0.0171. The van der Waals surface area contributed by atoms with Crippen LogP contribution in [0.3, 0.4) is 0 Å². The second-order valence-electron chi connectivity index (χ2n) is 14.6. The highest BCUT2D eigenvalue weighted by molar-refractivity contribution is 5.72. The van der Waals surface area contributed by atoms with E-state index in [-0.39, 0.29) is 36.5 Å². The van der Waals surface area contributed by atoms with Crippen molar-refractivity contribution in [3.63, 3.8) is 0 Å². The van der Waals surface area contributed by atoms with Crippen LogP contribution in [0.2, 0.25) is 0 Å². The summed E-state index contributed by atoms with van der Waals surface area (Å²) >= 11 is 0. The Hall–Kier alpha value is -1.67. The largest absolute Gasteiger partial charge is 0.469 e. The molecule has 0 aliphatic heterocycles. The summed E-state index contributed by atoms with van der Waals surface area (Å²) in [5.74, 6) is -0.371. The zero-order valence-corrected chi connectivity index (χ0v) is 33.3. The molecule has 296 valence electrons. The zero-order valence-electron chi connectivity index (χ0n) is 33.3. The van der Waals surface area contributed by atoms with Crippen molar-refractivity contribution in [2.75, 3.05) is 40.0 Å². The topological polar surface area (TPSA) is 102 Å². The number of esters is 3. The van der Waals surface area contributed by atoms with Crippen LogP contribution in [0.1, 0.15) is 201 Å². The van der Waals surface area contributed by atoms with Crippen molar-refractivity contribution >= 4 is 17.9 Å². The number of hydrogen-bond acceptors (Lipinski definition) is 8. The third kappa shape index (κ3) is 32.3. The molecule has 0 aromatic carbocycles. The molecule has 1 N–H and O–H groups in total. The van der Waals surface area contributed by atoms with Gasteiger partial charge in [0.25, 0.3) is 0 Å². The molecule has 0 heterocycles. The van der Waals surface area contributed by atoms with Gasteiger partial charge in [-0.15, -0.1) is 0 Å². The van der Waals surface area contributed by atoms with Crippen LogP contribution in [0.4, 0.5) is 0 Å². The van der Waals surface area contributed by atoms with Crippen molar-refractivity contribution in [3.05, 3.63) is 0 Å². The van der Waals surface area contributed by atoms with E-state index in [1.807, 2.05) is 6.92 Å². The van der Waals surface area contributed by atoms with Crippen molar-refractivity contribution in [3.8, 4) is 0 Å². The molecular formula is C42H81NO7. The van der Waals surface area contributed by atoms with Gasteiger partial charge < -0.3 is 24.2 Å². The normalized spacial score (nSPS) is 12.1. The molecule has 0 saturated heterocycles. The van der Waals surface area contributed by atoms with E-state index in [1.165, 1.54) is 71.3 Å². The quantitative estimate of drug-likeness (QED) is 0.0384. The van der Waals surface area contributed by atoms with E-state index < -0.39 is 0 Å². The van der Waals surface area contributed by atoms with E-state index >= 15 is 0 Å². The Bertz CT molecular complexity index is 761. The molecule has 50 heavy (non-hydrogen) atoms. The molecule has 0 fully saturated rings. The Kier molecular flexibility index (Phi) is 35.9. The summed E-state index contributed by atoms with van der Waals surface area (Å²) in [6.07, 6.45) is 29.8. The first-order valence-corrected chi connectivity index (χ1v) is 21.1. The molecule has 8 nitrogen and oxygen atoms in total. The van der Waals surface area contributed by atoms with Gasteiger partial charge in [-0.1, -0.05) is 124 Å². The fourth-order valence-electron chi connectivity index (χ4n) is 6.45. The number of rotatable bonds is 38. The van der Waals surface area contributed by atoms with E-state index in [1.54, 1.807) is 0 Å². The van der Waals surface area contributed by atoms with Gasteiger partial charge in [0, 0.05) is 19.4 Å². The summed E-state index contributed by atoms with van der Waals surface area (Å²) in [7, 11) is 1.41. The molecule has 8 heteroatoms. The maximum Gasteiger partial charge on any atom is 0.308 e.